The molecule has 0 aliphatic carbocycles. The third-order valence-electron chi connectivity index (χ3n) is 2.54. The average Bonchev–Trinajstić information content (AvgIpc) is 2.61. The maximum Gasteiger partial charge on any atom is 0.139 e. The summed E-state index contributed by atoms with van der Waals surface area (Å²) in [5.74, 6) is 2.88. The molecule has 0 aromatic rings. The van der Waals surface area contributed by atoms with Gasteiger partial charge >= 0.3 is 0 Å². The zero-order valence-electron chi connectivity index (χ0n) is 8.08. The van der Waals surface area contributed by atoms with Gasteiger partial charge in [-0.05, 0) is 12.8 Å². The van der Waals surface area contributed by atoms with E-state index >= 15 is 0 Å². The summed E-state index contributed by atoms with van der Waals surface area (Å²) in [6, 6.07) is 0. The van der Waals surface area contributed by atoms with Crippen molar-refractivity contribution in [3.63, 3.8) is 0 Å². The summed E-state index contributed by atoms with van der Waals surface area (Å²) in [5.41, 5.74) is 0. The van der Waals surface area contributed by atoms with E-state index in [1.807, 2.05) is 0 Å². The first-order chi connectivity index (χ1) is 6.29. The molecule has 0 spiro atoms. The maximum atomic E-state index is 11.6. The number of rotatable bonds is 4. The molecule has 0 bridgehead atoms. The van der Waals surface area contributed by atoms with Crippen molar-refractivity contribution in [2.45, 2.75) is 38.7 Å². The fourth-order valence-electron chi connectivity index (χ4n) is 1.80. The van der Waals surface area contributed by atoms with Crippen LogP contribution >= 0.6 is 0 Å². The molecule has 0 radical (unpaired) electrons. The standard InChI is InChI=1S/C11H16O2/c1-3-5-6-10(12)9-7-8-13-11(9)4-2/h1,9,11H,4-8H2,2H3. The van der Waals surface area contributed by atoms with Gasteiger partial charge in [0.15, 0.2) is 0 Å². The number of carbonyl (C=O) groups is 1. The molecule has 13 heavy (non-hydrogen) atoms. The summed E-state index contributed by atoms with van der Waals surface area (Å²) in [6.07, 6.45) is 8.13. The Hall–Kier alpha value is -0.810. The summed E-state index contributed by atoms with van der Waals surface area (Å²) in [6.45, 7) is 2.78. The zero-order chi connectivity index (χ0) is 9.68. The fourth-order valence-corrected chi connectivity index (χ4v) is 1.80. The normalized spacial score (nSPS) is 27.1. The van der Waals surface area contributed by atoms with Crippen LogP contribution in [0.3, 0.4) is 0 Å². The summed E-state index contributed by atoms with van der Waals surface area (Å²) in [5, 5.41) is 0. The Morgan fingerprint density at radius 2 is 2.46 bits per heavy atom. The molecule has 2 nitrogen and oxygen atoms in total. The summed E-state index contributed by atoms with van der Waals surface area (Å²) >= 11 is 0. The van der Waals surface area contributed by atoms with Gasteiger partial charge in [-0.25, -0.2) is 0 Å². The minimum Gasteiger partial charge on any atom is -0.377 e. The molecule has 2 unspecified atom stereocenters. The van der Waals surface area contributed by atoms with E-state index in [1.54, 1.807) is 0 Å². The van der Waals surface area contributed by atoms with Crippen molar-refractivity contribution in [3.05, 3.63) is 0 Å². The van der Waals surface area contributed by atoms with Gasteiger partial charge in [0.2, 0.25) is 0 Å². The van der Waals surface area contributed by atoms with Crippen molar-refractivity contribution in [1.29, 1.82) is 0 Å². The minimum absolute atomic E-state index is 0.110. The van der Waals surface area contributed by atoms with Crippen LogP contribution < -0.4 is 0 Å². The summed E-state index contributed by atoms with van der Waals surface area (Å²) < 4.78 is 5.44. The second-order valence-corrected chi connectivity index (χ2v) is 3.38. The number of carbonyl (C=O) groups excluding carboxylic acids is 1. The van der Waals surface area contributed by atoms with E-state index in [-0.39, 0.29) is 17.8 Å². The van der Waals surface area contributed by atoms with Crippen molar-refractivity contribution in [2.75, 3.05) is 6.61 Å². The number of hydrogen-bond donors (Lipinski definition) is 0. The van der Waals surface area contributed by atoms with Crippen LogP contribution in [0.15, 0.2) is 0 Å². The van der Waals surface area contributed by atoms with E-state index in [9.17, 15) is 4.79 Å². The van der Waals surface area contributed by atoms with E-state index in [4.69, 9.17) is 11.2 Å². The van der Waals surface area contributed by atoms with Crippen molar-refractivity contribution in [2.24, 2.45) is 5.92 Å². The SMILES string of the molecule is C#CCCC(=O)C1CCOC1CC. The highest BCUT2D eigenvalue weighted by atomic mass is 16.5. The van der Waals surface area contributed by atoms with E-state index in [1.165, 1.54) is 0 Å². The zero-order valence-corrected chi connectivity index (χ0v) is 8.08. The Morgan fingerprint density at radius 3 is 3.08 bits per heavy atom. The van der Waals surface area contributed by atoms with Gasteiger partial charge in [-0.2, -0.15) is 0 Å². The molecule has 1 fully saturated rings. The van der Waals surface area contributed by atoms with E-state index in [0.29, 0.717) is 12.8 Å². The Morgan fingerprint density at radius 1 is 1.69 bits per heavy atom. The molecule has 1 heterocycles. The first kappa shape index (κ1) is 10.3. The van der Waals surface area contributed by atoms with E-state index in [2.05, 4.69) is 12.8 Å². The Kier molecular flexibility index (Phi) is 3.98. The van der Waals surface area contributed by atoms with Gasteiger partial charge in [0, 0.05) is 25.4 Å². The van der Waals surface area contributed by atoms with Crippen LogP contribution in [0.25, 0.3) is 0 Å². The molecule has 0 aromatic carbocycles. The van der Waals surface area contributed by atoms with Crippen LogP contribution in [0, 0.1) is 18.3 Å². The largest absolute Gasteiger partial charge is 0.377 e. The van der Waals surface area contributed by atoms with Gasteiger partial charge in [-0.3, -0.25) is 4.79 Å². The highest BCUT2D eigenvalue weighted by molar-refractivity contribution is 5.82. The fraction of sp³-hybridized carbons (Fsp3) is 0.727. The number of terminal acetylenes is 1. The lowest BCUT2D eigenvalue weighted by Crippen LogP contribution is -2.23. The predicted molar refractivity (Wildman–Crippen MR) is 51.2 cm³/mol. The predicted octanol–water partition coefficient (Wildman–Crippen LogP) is 1.78. The van der Waals surface area contributed by atoms with Crippen molar-refractivity contribution < 1.29 is 9.53 Å². The Bertz CT molecular complexity index is 215. The number of ketones is 1. The lowest BCUT2D eigenvalue weighted by Gasteiger charge is -2.14. The van der Waals surface area contributed by atoms with Gasteiger partial charge < -0.3 is 4.74 Å². The van der Waals surface area contributed by atoms with Crippen LogP contribution in [-0.4, -0.2) is 18.5 Å². The molecule has 72 valence electrons. The number of ether oxygens (including phenoxy) is 1. The molecule has 1 rings (SSSR count). The third-order valence-corrected chi connectivity index (χ3v) is 2.54. The van der Waals surface area contributed by atoms with Crippen LogP contribution in [0.1, 0.15) is 32.6 Å². The maximum absolute atomic E-state index is 11.6. The molecular formula is C11H16O2. The smallest absolute Gasteiger partial charge is 0.139 e. The van der Waals surface area contributed by atoms with Crippen molar-refractivity contribution in [1.82, 2.24) is 0 Å². The van der Waals surface area contributed by atoms with Crippen molar-refractivity contribution >= 4 is 5.78 Å². The lowest BCUT2D eigenvalue weighted by molar-refractivity contribution is -0.124. The molecule has 1 saturated heterocycles. The van der Waals surface area contributed by atoms with Crippen LogP contribution in [0.2, 0.25) is 0 Å². The molecule has 0 aromatic heterocycles. The van der Waals surface area contributed by atoms with Gasteiger partial charge in [0.25, 0.3) is 0 Å². The van der Waals surface area contributed by atoms with E-state index in [0.717, 1.165) is 19.4 Å². The second-order valence-electron chi connectivity index (χ2n) is 3.38. The van der Waals surface area contributed by atoms with Crippen LogP contribution in [0.4, 0.5) is 0 Å². The summed E-state index contributed by atoms with van der Waals surface area (Å²) in [4.78, 5) is 11.6. The second kappa shape index (κ2) is 5.04. The monoisotopic (exact) mass is 180 g/mol. The van der Waals surface area contributed by atoms with Crippen molar-refractivity contribution in [3.8, 4) is 12.3 Å². The molecule has 1 aliphatic rings. The number of hydrogen-bond acceptors (Lipinski definition) is 2. The molecule has 2 atom stereocenters. The first-order valence-electron chi connectivity index (χ1n) is 4.87. The average molecular weight is 180 g/mol. The lowest BCUT2D eigenvalue weighted by atomic mass is 9.92. The topological polar surface area (TPSA) is 26.3 Å². The highest BCUT2D eigenvalue weighted by Crippen LogP contribution is 2.25. The molecule has 1 aliphatic heterocycles. The molecular weight excluding hydrogens is 164 g/mol. The van der Waals surface area contributed by atoms with Gasteiger partial charge in [0.1, 0.15) is 5.78 Å². The quantitative estimate of drug-likeness (QED) is 0.616. The minimum atomic E-state index is 0.110. The Balaban J connectivity index is 2.41. The molecule has 2 heteroatoms. The molecule has 0 amide bonds. The van der Waals surface area contributed by atoms with Gasteiger partial charge in [-0.15, -0.1) is 12.3 Å². The van der Waals surface area contributed by atoms with Gasteiger partial charge in [0.05, 0.1) is 6.10 Å². The van der Waals surface area contributed by atoms with Crippen LogP contribution in [-0.2, 0) is 9.53 Å². The van der Waals surface area contributed by atoms with Gasteiger partial charge in [-0.1, -0.05) is 6.92 Å². The van der Waals surface area contributed by atoms with Crippen LogP contribution in [0.5, 0.6) is 0 Å². The molecule has 0 saturated carbocycles. The number of Topliss-reactive ketones (excluding diaryl/α,β-unsaturated/α-hetero) is 1. The van der Waals surface area contributed by atoms with E-state index < -0.39 is 0 Å². The summed E-state index contributed by atoms with van der Waals surface area (Å²) in [7, 11) is 0. The first-order valence-corrected chi connectivity index (χ1v) is 4.87. The Labute approximate surface area is 79.7 Å². The highest BCUT2D eigenvalue weighted by Gasteiger charge is 2.31. The molecule has 0 N–H and O–H groups in total. The third kappa shape index (κ3) is 2.57.